The molecule has 0 spiro atoms. The second kappa shape index (κ2) is 9.64. The zero-order valence-electron chi connectivity index (χ0n) is 20.7. The minimum atomic E-state index is -0.204. The lowest BCUT2D eigenvalue weighted by Gasteiger charge is -2.22. The highest BCUT2D eigenvalue weighted by Gasteiger charge is 2.20. The number of pyridine rings is 2. The van der Waals surface area contributed by atoms with Crippen molar-refractivity contribution >= 4 is 38.1 Å². The van der Waals surface area contributed by atoms with Crippen LogP contribution in [0.4, 0.5) is 5.82 Å². The lowest BCUT2D eigenvalue weighted by Crippen LogP contribution is -2.26. The Balaban J connectivity index is 1.55. The minimum Gasteiger partial charge on any atom is -0.360 e. The van der Waals surface area contributed by atoms with Crippen LogP contribution in [0.1, 0.15) is 31.1 Å². The summed E-state index contributed by atoms with van der Waals surface area (Å²) in [7, 11) is 0. The van der Waals surface area contributed by atoms with Gasteiger partial charge >= 0.3 is 0 Å². The Hall–Kier alpha value is -4.29. The number of fused-ring (bicyclic) bond motifs is 2. The van der Waals surface area contributed by atoms with Crippen LogP contribution in [-0.2, 0) is 6.42 Å². The minimum absolute atomic E-state index is 0.0395. The highest BCUT2D eigenvalue weighted by molar-refractivity contribution is 7.16. The van der Waals surface area contributed by atoms with Gasteiger partial charge in [0.2, 0.25) is 0 Å². The molecule has 0 amide bonds. The predicted molar refractivity (Wildman–Crippen MR) is 154 cm³/mol. The van der Waals surface area contributed by atoms with Gasteiger partial charge in [0.05, 0.1) is 21.6 Å². The summed E-state index contributed by atoms with van der Waals surface area (Å²) in [4.78, 5) is 23.3. The molecule has 0 aliphatic carbocycles. The van der Waals surface area contributed by atoms with E-state index in [1.54, 1.807) is 17.5 Å². The molecule has 6 heteroatoms. The molecular weight excluding hydrogens is 476 g/mol. The van der Waals surface area contributed by atoms with E-state index in [2.05, 4.69) is 59.5 Å². The number of thiazole rings is 1. The molecule has 0 saturated heterocycles. The number of rotatable bonds is 6. The Morgan fingerprint density at radius 2 is 1.76 bits per heavy atom. The maximum Gasteiger partial charge on any atom is 0.263 e. The summed E-state index contributed by atoms with van der Waals surface area (Å²) in [6.07, 6.45) is 2.77. The number of aryl methyl sites for hydroxylation is 1. The Kier molecular flexibility index (Phi) is 6.02. The summed E-state index contributed by atoms with van der Waals surface area (Å²) in [5.41, 5.74) is 7.57. The first kappa shape index (κ1) is 23.1. The van der Waals surface area contributed by atoms with Crippen LogP contribution in [0.25, 0.3) is 37.8 Å². The monoisotopic (exact) mass is 502 g/mol. The van der Waals surface area contributed by atoms with E-state index in [-0.39, 0.29) is 11.6 Å². The average Bonchev–Trinajstić information content (AvgIpc) is 3.43. The molecule has 3 aromatic heterocycles. The largest absolute Gasteiger partial charge is 0.360 e. The van der Waals surface area contributed by atoms with Crippen molar-refractivity contribution in [2.75, 3.05) is 5.32 Å². The topological polar surface area (TPSA) is 59.8 Å². The summed E-state index contributed by atoms with van der Waals surface area (Å²) in [6, 6.07) is 28.3. The number of para-hydroxylation sites is 1. The van der Waals surface area contributed by atoms with Crippen molar-refractivity contribution in [3.63, 3.8) is 0 Å². The molecule has 0 aliphatic heterocycles. The highest BCUT2D eigenvalue weighted by Crippen LogP contribution is 2.31. The van der Waals surface area contributed by atoms with Crippen LogP contribution in [0, 0.1) is 0 Å². The fourth-order valence-electron chi connectivity index (χ4n) is 4.88. The quantitative estimate of drug-likeness (QED) is 0.258. The first-order chi connectivity index (χ1) is 18.1. The average molecular weight is 503 g/mol. The number of nitrogens with one attached hydrogen (secondary N) is 1. The maximum absolute atomic E-state index is 14.3. The normalized spacial score (nSPS) is 12.2. The molecule has 3 aromatic carbocycles. The summed E-state index contributed by atoms with van der Waals surface area (Å²) < 4.78 is 2.90. The number of benzene rings is 3. The lowest BCUT2D eigenvalue weighted by molar-refractivity contribution is 0.774. The molecule has 0 fully saturated rings. The summed E-state index contributed by atoms with van der Waals surface area (Å²) in [5.74, 6) is 0.711. The first-order valence-corrected chi connectivity index (χ1v) is 13.3. The van der Waals surface area contributed by atoms with Gasteiger partial charge in [0.15, 0.2) is 5.82 Å². The van der Waals surface area contributed by atoms with Crippen molar-refractivity contribution in [2.45, 2.75) is 26.3 Å². The van der Waals surface area contributed by atoms with E-state index in [1.165, 1.54) is 5.56 Å². The second-order valence-corrected chi connectivity index (χ2v) is 9.98. The molecular formula is C31H26N4OS. The Bertz CT molecular complexity index is 1770. The van der Waals surface area contributed by atoms with Crippen LogP contribution < -0.4 is 10.9 Å². The molecule has 6 rings (SSSR count). The third-order valence-corrected chi connectivity index (χ3v) is 7.60. The van der Waals surface area contributed by atoms with Crippen LogP contribution in [0.5, 0.6) is 0 Å². The molecule has 0 aliphatic rings. The van der Waals surface area contributed by atoms with Gasteiger partial charge in [-0.15, -0.1) is 11.3 Å². The Labute approximate surface area is 219 Å². The Morgan fingerprint density at radius 3 is 2.54 bits per heavy atom. The van der Waals surface area contributed by atoms with Gasteiger partial charge in [0.25, 0.3) is 5.56 Å². The van der Waals surface area contributed by atoms with E-state index < -0.39 is 0 Å². The van der Waals surface area contributed by atoms with E-state index >= 15 is 0 Å². The standard InChI is InChI=1S/C31H26N4OS/c1-3-21-12-14-22(15-13-21)25-11-7-8-23-18-26(35(31(36)28(23)25)24-9-5-4-6-10-24)20(2)34-30-29-27(16-17-32-30)37-19-33-29/h4-20H,3H2,1-2H3,(H,32,34)/t20-/m0/s1. The van der Waals surface area contributed by atoms with Crippen molar-refractivity contribution < 1.29 is 0 Å². The van der Waals surface area contributed by atoms with Gasteiger partial charge in [-0.1, -0.05) is 67.6 Å². The zero-order chi connectivity index (χ0) is 25.4. The zero-order valence-corrected chi connectivity index (χ0v) is 21.5. The molecule has 0 unspecified atom stereocenters. The van der Waals surface area contributed by atoms with Gasteiger partial charge in [0, 0.05) is 17.6 Å². The van der Waals surface area contributed by atoms with Crippen LogP contribution in [0.2, 0.25) is 0 Å². The van der Waals surface area contributed by atoms with Crippen LogP contribution in [0.3, 0.4) is 0 Å². The highest BCUT2D eigenvalue weighted by atomic mass is 32.1. The number of aromatic nitrogens is 3. The van der Waals surface area contributed by atoms with Crippen molar-refractivity contribution in [1.29, 1.82) is 0 Å². The molecule has 0 radical (unpaired) electrons. The molecule has 5 nitrogen and oxygen atoms in total. The molecule has 37 heavy (non-hydrogen) atoms. The lowest BCUT2D eigenvalue weighted by atomic mass is 9.97. The summed E-state index contributed by atoms with van der Waals surface area (Å²) in [6.45, 7) is 4.20. The second-order valence-electron chi connectivity index (χ2n) is 9.09. The fraction of sp³-hybridized carbons (Fsp3) is 0.129. The predicted octanol–water partition coefficient (Wildman–Crippen LogP) is 7.40. The van der Waals surface area contributed by atoms with Gasteiger partial charge in [-0.3, -0.25) is 9.36 Å². The SMILES string of the molecule is CCc1ccc(-c2cccc3cc([C@H](C)Nc4nccc5scnc45)n(-c4ccccc4)c(=O)c23)cc1. The van der Waals surface area contributed by atoms with Crippen LogP contribution >= 0.6 is 11.3 Å². The molecule has 1 N–H and O–H groups in total. The third kappa shape index (κ3) is 4.19. The van der Waals surface area contributed by atoms with Crippen molar-refractivity contribution in [2.24, 2.45) is 0 Å². The van der Waals surface area contributed by atoms with Gasteiger partial charge < -0.3 is 5.32 Å². The first-order valence-electron chi connectivity index (χ1n) is 12.4. The van der Waals surface area contributed by atoms with Gasteiger partial charge in [0.1, 0.15) is 5.52 Å². The van der Waals surface area contributed by atoms with Gasteiger partial charge in [-0.25, -0.2) is 9.97 Å². The van der Waals surface area contributed by atoms with E-state index in [0.717, 1.165) is 44.5 Å². The summed E-state index contributed by atoms with van der Waals surface area (Å²) >= 11 is 1.58. The van der Waals surface area contributed by atoms with E-state index in [1.807, 2.05) is 64.7 Å². The molecule has 6 aromatic rings. The molecule has 3 heterocycles. The molecule has 1 atom stereocenters. The van der Waals surface area contributed by atoms with Gasteiger partial charge in [-0.05, 0) is 59.7 Å². The fourth-order valence-corrected chi connectivity index (χ4v) is 5.55. The van der Waals surface area contributed by atoms with E-state index in [4.69, 9.17) is 0 Å². The number of nitrogens with zero attached hydrogens (tertiary/aromatic N) is 3. The van der Waals surface area contributed by atoms with E-state index in [0.29, 0.717) is 11.2 Å². The number of hydrogen-bond acceptors (Lipinski definition) is 5. The Morgan fingerprint density at radius 1 is 0.946 bits per heavy atom. The van der Waals surface area contributed by atoms with Crippen molar-refractivity contribution in [1.82, 2.24) is 14.5 Å². The van der Waals surface area contributed by atoms with E-state index in [9.17, 15) is 4.79 Å². The summed E-state index contributed by atoms with van der Waals surface area (Å²) in [5, 5.41) is 5.15. The molecule has 0 bridgehead atoms. The van der Waals surface area contributed by atoms with Gasteiger partial charge in [-0.2, -0.15) is 0 Å². The third-order valence-electron chi connectivity index (χ3n) is 6.81. The molecule has 0 saturated carbocycles. The number of hydrogen-bond donors (Lipinski definition) is 1. The van der Waals surface area contributed by atoms with Crippen LogP contribution in [0.15, 0.2) is 101 Å². The van der Waals surface area contributed by atoms with Crippen molar-refractivity contribution in [3.05, 3.63) is 118 Å². The maximum atomic E-state index is 14.3. The smallest absolute Gasteiger partial charge is 0.263 e. The molecule has 182 valence electrons. The van der Waals surface area contributed by atoms with Crippen molar-refractivity contribution in [3.8, 4) is 16.8 Å². The van der Waals surface area contributed by atoms with Crippen LogP contribution in [-0.4, -0.2) is 14.5 Å². The number of anilines is 1.